The second kappa shape index (κ2) is 6.93. The summed E-state index contributed by atoms with van der Waals surface area (Å²) >= 11 is 3.45. The summed E-state index contributed by atoms with van der Waals surface area (Å²) < 4.78 is 7.54. The van der Waals surface area contributed by atoms with Crippen LogP contribution in [0.3, 0.4) is 0 Å². The summed E-state index contributed by atoms with van der Waals surface area (Å²) in [6.07, 6.45) is 3.84. The molecule has 7 heteroatoms. The summed E-state index contributed by atoms with van der Waals surface area (Å²) in [4.78, 5) is 31.1. The first-order valence-electron chi connectivity index (χ1n) is 8.08. The molecular formula is C17H20BrN3O3. The van der Waals surface area contributed by atoms with E-state index >= 15 is 0 Å². The smallest absolute Gasteiger partial charge is 0.308 e. The van der Waals surface area contributed by atoms with Gasteiger partial charge in [-0.3, -0.25) is 14.0 Å². The molecule has 1 saturated heterocycles. The SMILES string of the molecule is CCc1nc2ccc(Br)cn2c1C(=O)N1CCC(C(=O)OC)CC1. The number of carbonyl (C=O) groups is 2. The molecule has 3 rings (SSSR count). The Morgan fingerprint density at radius 3 is 2.67 bits per heavy atom. The number of piperidine rings is 1. The van der Waals surface area contributed by atoms with Crippen molar-refractivity contribution in [2.75, 3.05) is 20.2 Å². The molecule has 0 radical (unpaired) electrons. The van der Waals surface area contributed by atoms with Crippen LogP contribution in [0.25, 0.3) is 5.65 Å². The molecule has 0 unspecified atom stereocenters. The molecule has 6 nitrogen and oxygen atoms in total. The first kappa shape index (κ1) is 17.0. The van der Waals surface area contributed by atoms with Gasteiger partial charge in [0, 0.05) is 23.8 Å². The summed E-state index contributed by atoms with van der Waals surface area (Å²) in [6.45, 7) is 3.11. The zero-order valence-corrected chi connectivity index (χ0v) is 15.4. The second-order valence-corrected chi connectivity index (χ2v) is 6.84. The highest BCUT2D eigenvalue weighted by atomic mass is 79.9. The van der Waals surface area contributed by atoms with Crippen molar-refractivity contribution in [2.24, 2.45) is 5.92 Å². The Balaban J connectivity index is 1.87. The van der Waals surface area contributed by atoms with Crippen molar-refractivity contribution in [1.82, 2.24) is 14.3 Å². The molecule has 128 valence electrons. The highest BCUT2D eigenvalue weighted by Gasteiger charge is 2.30. The van der Waals surface area contributed by atoms with Gasteiger partial charge in [-0.05, 0) is 47.3 Å². The van der Waals surface area contributed by atoms with Crippen LogP contribution in [-0.4, -0.2) is 46.4 Å². The molecule has 0 aromatic carbocycles. The summed E-state index contributed by atoms with van der Waals surface area (Å²) in [5.74, 6) is -0.322. The fourth-order valence-corrected chi connectivity index (χ4v) is 3.51. The summed E-state index contributed by atoms with van der Waals surface area (Å²) in [6, 6.07) is 3.81. The van der Waals surface area contributed by atoms with E-state index in [9.17, 15) is 9.59 Å². The number of rotatable bonds is 3. The molecule has 3 heterocycles. The molecule has 0 atom stereocenters. The summed E-state index contributed by atoms with van der Waals surface area (Å²) in [7, 11) is 1.41. The highest BCUT2D eigenvalue weighted by Crippen LogP contribution is 2.23. The Labute approximate surface area is 148 Å². The summed E-state index contributed by atoms with van der Waals surface area (Å²) in [5.41, 5.74) is 2.18. The van der Waals surface area contributed by atoms with E-state index < -0.39 is 0 Å². The normalized spacial score (nSPS) is 15.7. The maximum atomic E-state index is 13.0. The minimum absolute atomic E-state index is 0.0271. The Morgan fingerprint density at radius 2 is 2.04 bits per heavy atom. The molecule has 24 heavy (non-hydrogen) atoms. The Bertz CT molecular complexity index is 779. The largest absolute Gasteiger partial charge is 0.469 e. The number of hydrogen-bond donors (Lipinski definition) is 0. The maximum Gasteiger partial charge on any atom is 0.308 e. The predicted octanol–water partition coefficient (Wildman–Crippen LogP) is 2.68. The van der Waals surface area contributed by atoms with Crippen LogP contribution in [0.1, 0.15) is 35.9 Å². The van der Waals surface area contributed by atoms with E-state index in [0.29, 0.717) is 38.0 Å². The van der Waals surface area contributed by atoms with Crippen LogP contribution in [-0.2, 0) is 16.0 Å². The van der Waals surface area contributed by atoms with Crippen molar-refractivity contribution in [2.45, 2.75) is 26.2 Å². The van der Waals surface area contributed by atoms with E-state index in [2.05, 4.69) is 20.9 Å². The van der Waals surface area contributed by atoms with Crippen LogP contribution >= 0.6 is 15.9 Å². The van der Waals surface area contributed by atoms with Crippen molar-refractivity contribution in [1.29, 1.82) is 0 Å². The van der Waals surface area contributed by atoms with Gasteiger partial charge in [-0.15, -0.1) is 0 Å². The molecule has 1 aliphatic rings. The number of aryl methyl sites for hydroxylation is 1. The molecular weight excluding hydrogens is 374 g/mol. The van der Waals surface area contributed by atoms with Crippen LogP contribution in [0.5, 0.6) is 0 Å². The zero-order valence-electron chi connectivity index (χ0n) is 13.8. The number of hydrogen-bond acceptors (Lipinski definition) is 4. The number of ether oxygens (including phenoxy) is 1. The van der Waals surface area contributed by atoms with Gasteiger partial charge in [0.1, 0.15) is 11.3 Å². The van der Waals surface area contributed by atoms with Crippen molar-refractivity contribution >= 4 is 33.5 Å². The van der Waals surface area contributed by atoms with Gasteiger partial charge in [0.2, 0.25) is 0 Å². The van der Waals surface area contributed by atoms with E-state index in [1.54, 1.807) is 0 Å². The van der Waals surface area contributed by atoms with Gasteiger partial charge >= 0.3 is 5.97 Å². The van der Waals surface area contributed by atoms with Gasteiger partial charge in [-0.2, -0.15) is 0 Å². The number of amides is 1. The minimum Gasteiger partial charge on any atom is -0.469 e. The molecule has 0 spiro atoms. The first-order valence-corrected chi connectivity index (χ1v) is 8.88. The number of pyridine rings is 1. The lowest BCUT2D eigenvalue weighted by molar-refractivity contribution is -0.146. The fourth-order valence-electron chi connectivity index (χ4n) is 3.18. The van der Waals surface area contributed by atoms with Gasteiger partial charge in [0.25, 0.3) is 5.91 Å². The topological polar surface area (TPSA) is 63.9 Å². The number of aromatic nitrogens is 2. The van der Waals surface area contributed by atoms with Crippen LogP contribution in [0.4, 0.5) is 0 Å². The number of esters is 1. The van der Waals surface area contributed by atoms with E-state index in [4.69, 9.17) is 4.74 Å². The van der Waals surface area contributed by atoms with Crippen molar-refractivity contribution in [3.8, 4) is 0 Å². The number of likely N-dealkylation sites (tertiary alicyclic amines) is 1. The lowest BCUT2D eigenvalue weighted by Gasteiger charge is -2.30. The van der Waals surface area contributed by atoms with Crippen molar-refractivity contribution < 1.29 is 14.3 Å². The third kappa shape index (κ3) is 3.05. The average molecular weight is 394 g/mol. The van der Waals surface area contributed by atoms with Gasteiger partial charge in [0.05, 0.1) is 18.7 Å². The molecule has 1 amide bonds. The number of methoxy groups -OCH3 is 1. The molecule has 2 aromatic heterocycles. The van der Waals surface area contributed by atoms with E-state index in [1.807, 2.05) is 34.6 Å². The van der Waals surface area contributed by atoms with E-state index in [-0.39, 0.29) is 17.8 Å². The molecule has 0 bridgehead atoms. The quantitative estimate of drug-likeness (QED) is 0.751. The lowest BCUT2D eigenvalue weighted by Crippen LogP contribution is -2.41. The predicted molar refractivity (Wildman–Crippen MR) is 92.9 cm³/mol. The molecule has 0 aliphatic carbocycles. The van der Waals surface area contributed by atoms with Crippen molar-refractivity contribution in [3.05, 3.63) is 34.2 Å². The Morgan fingerprint density at radius 1 is 1.33 bits per heavy atom. The second-order valence-electron chi connectivity index (χ2n) is 5.93. The fraction of sp³-hybridized carbons (Fsp3) is 0.471. The number of imidazole rings is 1. The molecule has 0 N–H and O–H groups in total. The van der Waals surface area contributed by atoms with E-state index in [1.165, 1.54) is 7.11 Å². The van der Waals surface area contributed by atoms with Gasteiger partial charge in [0.15, 0.2) is 0 Å². The molecule has 0 saturated carbocycles. The van der Waals surface area contributed by atoms with Crippen LogP contribution in [0.2, 0.25) is 0 Å². The number of carbonyl (C=O) groups excluding carboxylic acids is 2. The first-order chi connectivity index (χ1) is 11.5. The Hall–Kier alpha value is -1.89. The summed E-state index contributed by atoms with van der Waals surface area (Å²) in [5, 5.41) is 0. The van der Waals surface area contributed by atoms with Crippen molar-refractivity contribution in [3.63, 3.8) is 0 Å². The monoisotopic (exact) mass is 393 g/mol. The van der Waals surface area contributed by atoms with Crippen LogP contribution in [0.15, 0.2) is 22.8 Å². The van der Waals surface area contributed by atoms with Crippen LogP contribution in [0, 0.1) is 5.92 Å². The Kier molecular flexibility index (Phi) is 4.89. The average Bonchev–Trinajstić information content (AvgIpc) is 2.98. The van der Waals surface area contributed by atoms with E-state index in [0.717, 1.165) is 15.8 Å². The molecule has 1 fully saturated rings. The maximum absolute atomic E-state index is 13.0. The zero-order chi connectivity index (χ0) is 17.3. The highest BCUT2D eigenvalue weighted by molar-refractivity contribution is 9.10. The van der Waals surface area contributed by atoms with Gasteiger partial charge in [-0.25, -0.2) is 4.98 Å². The third-order valence-corrected chi connectivity index (χ3v) is 4.98. The minimum atomic E-state index is -0.185. The standard InChI is InChI=1S/C17H20BrN3O3/c1-3-13-15(21-10-12(18)4-5-14(21)19-13)16(22)20-8-6-11(7-9-20)17(23)24-2/h4-5,10-11H,3,6-9H2,1-2H3. The van der Waals surface area contributed by atoms with Gasteiger partial charge < -0.3 is 9.64 Å². The number of nitrogens with zero attached hydrogens (tertiary/aromatic N) is 3. The van der Waals surface area contributed by atoms with Gasteiger partial charge in [-0.1, -0.05) is 6.92 Å². The van der Waals surface area contributed by atoms with Crippen LogP contribution < -0.4 is 0 Å². The third-order valence-electron chi connectivity index (χ3n) is 4.51. The molecule has 2 aromatic rings. The molecule has 1 aliphatic heterocycles. The number of halogens is 1. The number of fused-ring (bicyclic) bond motifs is 1. The lowest BCUT2D eigenvalue weighted by atomic mass is 9.97.